The van der Waals surface area contributed by atoms with E-state index < -0.39 is 0 Å². The minimum absolute atomic E-state index is 0. The quantitative estimate of drug-likeness (QED) is 0.482. The number of allylic oxidation sites excluding steroid dienone is 4. The molecule has 0 fully saturated rings. The van der Waals surface area contributed by atoms with E-state index in [0.29, 0.717) is 5.75 Å². The van der Waals surface area contributed by atoms with E-state index in [-0.39, 0.29) is 57.4 Å². The van der Waals surface area contributed by atoms with Gasteiger partial charge in [0.25, 0.3) is 0 Å². The van der Waals surface area contributed by atoms with Crippen molar-refractivity contribution in [2.24, 2.45) is 0 Å². The Bertz CT molecular complexity index is 523. The van der Waals surface area contributed by atoms with Crippen LogP contribution in [0.25, 0.3) is 0 Å². The van der Waals surface area contributed by atoms with Gasteiger partial charge in [-0.2, -0.15) is 6.08 Å². The van der Waals surface area contributed by atoms with Gasteiger partial charge < -0.3 is 34.7 Å². The van der Waals surface area contributed by atoms with Crippen LogP contribution < -0.4 is 29.6 Å². The fourth-order valence-electron chi connectivity index (χ4n) is 2.21. The minimum atomic E-state index is -0.0986. The van der Waals surface area contributed by atoms with E-state index in [1.807, 2.05) is 24.3 Å². The predicted octanol–water partition coefficient (Wildman–Crippen LogP) is -0.693. The Balaban J connectivity index is -0.000000522. The molecule has 0 aromatic heterocycles. The molecule has 1 aliphatic rings. The van der Waals surface area contributed by atoms with Crippen molar-refractivity contribution in [1.29, 1.82) is 0 Å². The fraction of sp³-hybridized carbons (Fsp3) is 0.500. The van der Waals surface area contributed by atoms with Gasteiger partial charge in [0.2, 0.25) is 0 Å². The van der Waals surface area contributed by atoms with Crippen molar-refractivity contribution in [2.75, 3.05) is 7.11 Å². The van der Waals surface area contributed by atoms with E-state index in [1.165, 1.54) is 0 Å². The second kappa shape index (κ2) is 12.1. The summed E-state index contributed by atoms with van der Waals surface area (Å²) < 4.78 is 5.33. The Morgan fingerprint density at radius 3 is 1.60 bits per heavy atom. The summed E-state index contributed by atoms with van der Waals surface area (Å²) in [5, 5.41) is 10.4. The van der Waals surface area contributed by atoms with Crippen LogP contribution in [0.2, 0.25) is 0 Å². The molecule has 1 aromatic carbocycles. The zero-order valence-electron chi connectivity index (χ0n) is 16.2. The summed E-state index contributed by atoms with van der Waals surface area (Å²) in [5.41, 5.74) is 1.67. The van der Waals surface area contributed by atoms with Gasteiger partial charge >= 0.3 is 21.7 Å². The minimum Gasteiger partial charge on any atom is -1.00 e. The summed E-state index contributed by atoms with van der Waals surface area (Å²) in [6.45, 7) is 12.5. The number of hydrogen-bond acceptors (Lipinski definition) is 2. The molecular weight excluding hydrogens is 391 g/mol. The first-order valence-corrected chi connectivity index (χ1v) is 7.71. The van der Waals surface area contributed by atoms with Gasteiger partial charge in [0.15, 0.2) is 0 Å². The Morgan fingerprint density at radius 1 is 0.960 bits per heavy atom. The molecule has 0 bridgehead atoms. The van der Waals surface area contributed by atoms with Gasteiger partial charge in [0, 0.05) is 11.1 Å². The summed E-state index contributed by atoms with van der Waals surface area (Å²) in [6, 6.07) is 3.84. The summed E-state index contributed by atoms with van der Waals surface area (Å²) in [7, 11) is 1.66. The number of phenolic OH excluding ortho intramolecular Hbond substituents is 1. The largest absolute Gasteiger partial charge is 3.00 e. The van der Waals surface area contributed by atoms with Crippen LogP contribution in [0.3, 0.4) is 0 Å². The normalized spacial score (nSPS) is 12.1. The van der Waals surface area contributed by atoms with Crippen LogP contribution in [0.15, 0.2) is 30.4 Å². The molecular formula is C20H29Cl2O2Ti. The van der Waals surface area contributed by atoms with Crippen molar-refractivity contribution >= 4 is 0 Å². The summed E-state index contributed by atoms with van der Waals surface area (Å²) in [4.78, 5) is 0. The van der Waals surface area contributed by atoms with Gasteiger partial charge in [0.05, 0.1) is 7.11 Å². The summed E-state index contributed by atoms with van der Waals surface area (Å²) in [6.07, 6.45) is 10.0. The first kappa shape index (κ1) is 29.4. The third kappa shape index (κ3) is 9.19. The van der Waals surface area contributed by atoms with Crippen LogP contribution in [0.4, 0.5) is 0 Å². The zero-order valence-corrected chi connectivity index (χ0v) is 19.3. The van der Waals surface area contributed by atoms with Crippen molar-refractivity contribution in [2.45, 2.75) is 58.8 Å². The molecule has 1 aliphatic carbocycles. The number of phenols is 1. The molecule has 25 heavy (non-hydrogen) atoms. The fourth-order valence-corrected chi connectivity index (χ4v) is 2.21. The molecule has 2 rings (SSSR count). The van der Waals surface area contributed by atoms with Crippen LogP contribution >= 0.6 is 0 Å². The van der Waals surface area contributed by atoms with Gasteiger partial charge in [-0.15, -0.1) is 6.42 Å². The van der Waals surface area contributed by atoms with Gasteiger partial charge in [-0.1, -0.05) is 41.5 Å². The Kier molecular flexibility index (Phi) is 14.2. The van der Waals surface area contributed by atoms with E-state index in [1.54, 1.807) is 7.11 Å². The maximum absolute atomic E-state index is 10.4. The Morgan fingerprint density at radius 2 is 1.40 bits per heavy atom. The number of rotatable bonds is 1. The second-order valence-electron chi connectivity index (χ2n) is 7.57. The molecule has 0 unspecified atom stereocenters. The molecule has 0 saturated carbocycles. The maximum atomic E-state index is 10.4. The van der Waals surface area contributed by atoms with Gasteiger partial charge in [-0.05, 0) is 23.0 Å². The van der Waals surface area contributed by atoms with E-state index in [2.05, 4.69) is 53.7 Å². The van der Waals surface area contributed by atoms with E-state index in [0.717, 1.165) is 23.3 Å². The van der Waals surface area contributed by atoms with Crippen molar-refractivity contribution in [3.63, 3.8) is 0 Å². The number of aromatic hydroxyl groups is 1. The van der Waals surface area contributed by atoms with Crippen LogP contribution in [0.5, 0.6) is 11.5 Å². The van der Waals surface area contributed by atoms with Crippen molar-refractivity contribution in [3.8, 4) is 11.5 Å². The smallest absolute Gasteiger partial charge is 1.00 e. The third-order valence-electron chi connectivity index (χ3n) is 3.52. The molecule has 1 radical (unpaired) electrons. The van der Waals surface area contributed by atoms with Crippen LogP contribution in [0.1, 0.15) is 59.1 Å². The molecule has 2 nitrogen and oxygen atoms in total. The van der Waals surface area contributed by atoms with Crippen LogP contribution in [-0.4, -0.2) is 12.2 Å². The van der Waals surface area contributed by atoms with Crippen molar-refractivity contribution in [1.82, 2.24) is 0 Å². The number of benzene rings is 1. The van der Waals surface area contributed by atoms with Crippen molar-refractivity contribution in [3.05, 3.63) is 47.6 Å². The Hall–Kier alpha value is -0.406. The number of halogens is 2. The van der Waals surface area contributed by atoms with Crippen molar-refractivity contribution < 1.29 is 56.4 Å². The molecule has 1 aromatic rings. The number of methoxy groups -OCH3 is 1. The third-order valence-corrected chi connectivity index (χ3v) is 3.52. The Labute approximate surface area is 180 Å². The van der Waals surface area contributed by atoms with E-state index in [9.17, 15) is 5.11 Å². The zero-order chi connectivity index (χ0) is 17.0. The molecule has 0 saturated heterocycles. The molecule has 139 valence electrons. The first-order valence-electron chi connectivity index (χ1n) is 7.71. The SMILES string of the molecule is COc1cc(C(C)(C)C)c(O)c(C(C)(C)C)c1.[C-]1=CC=CC1.[Cl-].[Cl-].[Ti+3]. The first-order chi connectivity index (χ1) is 10.1. The number of hydrogen-bond donors (Lipinski definition) is 1. The van der Waals surface area contributed by atoms with E-state index in [4.69, 9.17) is 4.74 Å². The predicted molar refractivity (Wildman–Crippen MR) is 93.6 cm³/mol. The van der Waals surface area contributed by atoms with Gasteiger partial charge in [-0.3, -0.25) is 6.08 Å². The van der Waals surface area contributed by atoms with Gasteiger partial charge in [-0.25, -0.2) is 12.2 Å². The summed E-state index contributed by atoms with van der Waals surface area (Å²) >= 11 is 0. The molecule has 0 amide bonds. The monoisotopic (exact) mass is 419 g/mol. The average Bonchev–Trinajstić information content (AvgIpc) is 2.95. The molecule has 0 aliphatic heterocycles. The molecule has 1 N–H and O–H groups in total. The van der Waals surface area contributed by atoms with E-state index >= 15 is 0 Å². The molecule has 0 heterocycles. The van der Waals surface area contributed by atoms with Crippen LogP contribution in [-0.2, 0) is 32.5 Å². The topological polar surface area (TPSA) is 29.5 Å². The molecule has 0 atom stereocenters. The molecule has 5 heteroatoms. The van der Waals surface area contributed by atoms with Crippen LogP contribution in [0, 0.1) is 6.08 Å². The number of ether oxygens (including phenoxy) is 1. The average molecular weight is 420 g/mol. The van der Waals surface area contributed by atoms with Gasteiger partial charge in [0.1, 0.15) is 11.5 Å². The second-order valence-corrected chi connectivity index (χ2v) is 7.57. The summed E-state index contributed by atoms with van der Waals surface area (Å²) in [5.74, 6) is 1.20. The molecule has 0 spiro atoms. The maximum Gasteiger partial charge on any atom is 3.00 e. The standard InChI is InChI=1S/C15H24O2.C5H5.2ClH.Ti/c1-14(2,3)11-8-10(17-7)9-12(13(11)16)15(4,5)6;1-2-4-5-3-1;;;/h8-9,16H,1-7H3;1-3H,4H2;2*1H;/q;-1;;;+3/p-2.